The molecular weight excluding hydrogens is 585 g/mol. The lowest BCUT2D eigenvalue weighted by atomic mass is 9.84. The molecule has 0 radical (unpaired) electrons. The van der Waals surface area contributed by atoms with E-state index in [1.54, 1.807) is 12.4 Å². The zero-order valence-corrected chi connectivity index (χ0v) is 25.8. The third-order valence-corrected chi connectivity index (χ3v) is 8.88. The van der Waals surface area contributed by atoms with Gasteiger partial charge < -0.3 is 4.85 Å². The molecule has 6 aromatic carbocycles. The first-order valence-corrected chi connectivity index (χ1v) is 15.7. The first-order valence-electron chi connectivity index (χ1n) is 15.7. The van der Waals surface area contributed by atoms with Crippen LogP contribution in [0.15, 0.2) is 158 Å². The molecular formula is C44H26N4. The van der Waals surface area contributed by atoms with Gasteiger partial charge in [-0.25, -0.2) is 4.98 Å². The Morgan fingerprint density at radius 3 is 1.54 bits per heavy atom. The molecule has 0 unspecified atom stereocenters. The summed E-state index contributed by atoms with van der Waals surface area (Å²) < 4.78 is 0. The summed E-state index contributed by atoms with van der Waals surface area (Å²) in [6.45, 7) is 7.37. The Morgan fingerprint density at radius 2 is 0.917 bits per heavy atom. The number of nitrogens with zero attached hydrogens (tertiary/aromatic N) is 4. The minimum Gasteiger partial charge on any atom is -0.361 e. The first kappa shape index (κ1) is 28.6. The van der Waals surface area contributed by atoms with Crippen molar-refractivity contribution in [3.63, 3.8) is 0 Å². The van der Waals surface area contributed by atoms with Crippen molar-refractivity contribution in [1.29, 1.82) is 5.26 Å². The molecule has 2 heterocycles. The maximum Gasteiger partial charge on any atom is 0.270 e. The van der Waals surface area contributed by atoms with Crippen molar-refractivity contribution in [2.75, 3.05) is 0 Å². The van der Waals surface area contributed by atoms with Crippen LogP contribution in [0.4, 0.5) is 5.82 Å². The molecule has 222 valence electrons. The lowest BCUT2D eigenvalue weighted by molar-refractivity contribution is 1.26. The third-order valence-electron chi connectivity index (χ3n) is 8.88. The maximum atomic E-state index is 9.37. The van der Waals surface area contributed by atoms with Gasteiger partial charge in [0.25, 0.3) is 5.82 Å². The molecule has 0 aliphatic carbocycles. The van der Waals surface area contributed by atoms with Gasteiger partial charge in [-0.2, -0.15) is 5.26 Å². The smallest absolute Gasteiger partial charge is 0.270 e. The van der Waals surface area contributed by atoms with Crippen LogP contribution in [-0.4, -0.2) is 9.97 Å². The number of hydrogen-bond acceptors (Lipinski definition) is 3. The molecule has 0 saturated heterocycles. The molecule has 0 saturated carbocycles. The third kappa shape index (κ3) is 5.14. The lowest BCUT2D eigenvalue weighted by Crippen LogP contribution is -1.92. The summed E-state index contributed by atoms with van der Waals surface area (Å²) in [6.07, 6.45) is 3.37. The van der Waals surface area contributed by atoms with Gasteiger partial charge in [-0.05, 0) is 108 Å². The van der Waals surface area contributed by atoms with E-state index in [1.165, 1.54) is 38.2 Å². The fourth-order valence-electron chi connectivity index (χ4n) is 6.60. The summed E-state index contributed by atoms with van der Waals surface area (Å²) in [5.74, 6) is 0.388. The molecule has 0 aliphatic heterocycles. The number of aromatic nitrogens is 2. The van der Waals surface area contributed by atoms with Gasteiger partial charge in [0.15, 0.2) is 0 Å². The quantitative estimate of drug-likeness (QED) is 0.144. The van der Waals surface area contributed by atoms with Gasteiger partial charge >= 0.3 is 0 Å². The second-order valence-corrected chi connectivity index (χ2v) is 11.6. The van der Waals surface area contributed by atoms with Crippen molar-refractivity contribution in [3.05, 3.63) is 175 Å². The second kappa shape index (κ2) is 12.1. The average Bonchev–Trinajstić information content (AvgIpc) is 3.17. The Balaban J connectivity index is 1.35. The van der Waals surface area contributed by atoms with Gasteiger partial charge in [0.1, 0.15) is 18.0 Å². The predicted molar refractivity (Wildman–Crippen MR) is 195 cm³/mol. The van der Waals surface area contributed by atoms with Crippen molar-refractivity contribution < 1.29 is 0 Å². The van der Waals surface area contributed by atoms with Crippen LogP contribution >= 0.6 is 0 Å². The zero-order valence-electron chi connectivity index (χ0n) is 25.8. The summed E-state index contributed by atoms with van der Waals surface area (Å²) in [5.41, 5.74) is 11.3. The van der Waals surface area contributed by atoms with Crippen LogP contribution in [0, 0.1) is 17.9 Å². The van der Waals surface area contributed by atoms with Crippen molar-refractivity contribution in [1.82, 2.24) is 9.97 Å². The van der Waals surface area contributed by atoms with Crippen molar-refractivity contribution in [2.24, 2.45) is 0 Å². The topological polar surface area (TPSA) is 53.9 Å². The highest BCUT2D eigenvalue weighted by atomic mass is 14.8. The van der Waals surface area contributed by atoms with Crippen LogP contribution in [0.2, 0.25) is 0 Å². The van der Waals surface area contributed by atoms with E-state index in [9.17, 15) is 5.26 Å². The summed E-state index contributed by atoms with van der Waals surface area (Å²) in [6, 6.07) is 52.8. The van der Waals surface area contributed by atoms with Crippen LogP contribution in [0.5, 0.6) is 0 Å². The summed E-state index contributed by atoms with van der Waals surface area (Å²) in [7, 11) is 0. The fourth-order valence-corrected chi connectivity index (χ4v) is 6.60. The van der Waals surface area contributed by atoms with Crippen LogP contribution in [-0.2, 0) is 0 Å². The highest BCUT2D eigenvalue weighted by Crippen LogP contribution is 2.45. The number of fused-ring (bicyclic) bond motifs is 2. The average molecular weight is 611 g/mol. The van der Waals surface area contributed by atoms with Gasteiger partial charge in [-0.1, -0.05) is 122 Å². The predicted octanol–water partition coefficient (Wildman–Crippen LogP) is 11.5. The number of rotatable bonds is 5. The molecule has 48 heavy (non-hydrogen) atoms. The van der Waals surface area contributed by atoms with E-state index in [0.717, 1.165) is 38.9 Å². The minimum atomic E-state index is 0.388. The van der Waals surface area contributed by atoms with Crippen LogP contribution in [0.3, 0.4) is 0 Å². The van der Waals surface area contributed by atoms with Gasteiger partial charge in [0.05, 0.1) is 0 Å². The summed E-state index contributed by atoms with van der Waals surface area (Å²) >= 11 is 0. The molecule has 4 heteroatoms. The van der Waals surface area contributed by atoms with Crippen molar-refractivity contribution in [3.8, 4) is 61.7 Å². The largest absolute Gasteiger partial charge is 0.361 e. The summed E-state index contributed by atoms with van der Waals surface area (Å²) in [5, 5.41) is 14.1. The highest BCUT2D eigenvalue weighted by molar-refractivity contribution is 6.22. The summed E-state index contributed by atoms with van der Waals surface area (Å²) in [4.78, 5) is 11.8. The molecule has 2 aromatic heterocycles. The minimum absolute atomic E-state index is 0.388. The molecule has 0 spiro atoms. The molecule has 0 amide bonds. The fraction of sp³-hybridized carbons (Fsp3) is 0. The number of pyridine rings is 2. The molecule has 0 aliphatic rings. The maximum absolute atomic E-state index is 9.37. The highest BCUT2D eigenvalue weighted by Gasteiger charge is 2.18. The number of nitriles is 1. The van der Waals surface area contributed by atoms with E-state index >= 15 is 0 Å². The zero-order chi connectivity index (χ0) is 32.5. The van der Waals surface area contributed by atoms with Crippen LogP contribution in [0.25, 0.3) is 82.0 Å². The Kier molecular flexibility index (Phi) is 7.23. The molecule has 0 fully saturated rings. The van der Waals surface area contributed by atoms with Gasteiger partial charge in [-0.15, -0.1) is 4.98 Å². The first-order chi connectivity index (χ1) is 23.7. The molecule has 0 atom stereocenters. The van der Waals surface area contributed by atoms with E-state index in [2.05, 4.69) is 136 Å². The molecule has 0 bridgehead atoms. The number of hydrogen-bond donors (Lipinski definition) is 0. The number of benzene rings is 6. The molecule has 4 nitrogen and oxygen atoms in total. The Hall–Kier alpha value is -6.88. The van der Waals surface area contributed by atoms with Gasteiger partial charge in [0, 0.05) is 6.20 Å². The van der Waals surface area contributed by atoms with Gasteiger partial charge in [-0.3, -0.25) is 0 Å². The molecule has 8 rings (SSSR count). The Labute approximate surface area is 278 Å². The van der Waals surface area contributed by atoms with Crippen molar-refractivity contribution in [2.45, 2.75) is 0 Å². The standard InChI is InChI=1S/C44H26N4/c1-46-42-27-36(22-24-48-42)31-13-15-32(16-14-31)43-38-9-5-6-10-39(38)44(41-26-34(19-20-40(41)43)29-7-3-2-4-8-29)33-17-11-30(12-18-33)35-21-23-47-37(25-35)28-45/h2-27H. The monoisotopic (exact) mass is 610 g/mol. The van der Waals surface area contributed by atoms with E-state index in [1.807, 2.05) is 30.3 Å². The molecule has 8 aromatic rings. The second-order valence-electron chi connectivity index (χ2n) is 11.6. The van der Waals surface area contributed by atoms with Crippen LogP contribution < -0.4 is 0 Å². The van der Waals surface area contributed by atoms with Crippen LogP contribution in [0.1, 0.15) is 5.69 Å². The SMILES string of the molecule is [C-]#[N+]c1cc(-c2ccc(-c3c4ccccc4c(-c4ccc(-c5ccnc(C#N)c5)cc4)c4cc(-c5ccccc5)ccc34)cc2)ccn1. The van der Waals surface area contributed by atoms with E-state index in [0.29, 0.717) is 11.5 Å². The van der Waals surface area contributed by atoms with Gasteiger partial charge in [0.2, 0.25) is 0 Å². The van der Waals surface area contributed by atoms with E-state index < -0.39 is 0 Å². The van der Waals surface area contributed by atoms with E-state index in [-0.39, 0.29) is 0 Å². The lowest BCUT2D eigenvalue weighted by Gasteiger charge is -2.19. The van der Waals surface area contributed by atoms with E-state index in [4.69, 9.17) is 6.57 Å². The Bertz CT molecular complexity index is 2560. The normalized spacial score (nSPS) is 10.9. The Morgan fingerprint density at radius 1 is 0.438 bits per heavy atom. The van der Waals surface area contributed by atoms with Crippen molar-refractivity contribution >= 4 is 27.4 Å². The molecule has 0 N–H and O–H groups in total.